The van der Waals surface area contributed by atoms with Crippen molar-refractivity contribution in [3.8, 4) is 0 Å². The van der Waals surface area contributed by atoms with Gasteiger partial charge in [0, 0.05) is 24.3 Å². The molecule has 0 saturated heterocycles. The number of nitrogens with one attached hydrogen (secondary N) is 2. The molecule has 0 bridgehead atoms. The van der Waals surface area contributed by atoms with E-state index in [1.165, 1.54) is 36.9 Å². The fourth-order valence-corrected chi connectivity index (χ4v) is 2.05. The van der Waals surface area contributed by atoms with Crippen molar-refractivity contribution >= 4 is 5.69 Å². The van der Waals surface area contributed by atoms with E-state index in [1.54, 1.807) is 0 Å². The smallest absolute Gasteiger partial charge is 0.0345 e. The van der Waals surface area contributed by atoms with Crippen LogP contribution in [0, 0.1) is 0 Å². The number of benzene rings is 1. The van der Waals surface area contributed by atoms with Gasteiger partial charge in [-0.1, -0.05) is 26.0 Å². The quantitative estimate of drug-likeness (QED) is 0.751. The fourth-order valence-electron chi connectivity index (χ4n) is 2.05. The summed E-state index contributed by atoms with van der Waals surface area (Å²) in [5.41, 5.74) is 2.64. The van der Waals surface area contributed by atoms with Crippen LogP contribution in [0.4, 0.5) is 5.69 Å². The highest BCUT2D eigenvalue weighted by atomic mass is 14.9. The highest BCUT2D eigenvalue weighted by Crippen LogP contribution is 2.20. The lowest BCUT2D eigenvalue weighted by Crippen LogP contribution is -2.18. The van der Waals surface area contributed by atoms with Crippen LogP contribution in [0.3, 0.4) is 0 Å². The first kappa shape index (κ1) is 12.4. The molecular weight excluding hydrogens is 208 g/mol. The molecule has 1 aliphatic rings. The van der Waals surface area contributed by atoms with Gasteiger partial charge in [0.2, 0.25) is 0 Å². The van der Waals surface area contributed by atoms with Crippen LogP contribution in [0.25, 0.3) is 0 Å². The van der Waals surface area contributed by atoms with Gasteiger partial charge in [0.1, 0.15) is 0 Å². The minimum atomic E-state index is 0.599. The second-order valence-electron chi connectivity index (χ2n) is 5.01. The van der Waals surface area contributed by atoms with E-state index in [4.69, 9.17) is 0 Å². The van der Waals surface area contributed by atoms with Crippen molar-refractivity contribution in [2.45, 2.75) is 58.2 Å². The number of hydrogen-bond donors (Lipinski definition) is 2. The maximum absolute atomic E-state index is 3.59. The monoisotopic (exact) mass is 232 g/mol. The maximum Gasteiger partial charge on any atom is 0.0345 e. The molecule has 0 heterocycles. The van der Waals surface area contributed by atoms with Crippen molar-refractivity contribution in [2.75, 3.05) is 5.32 Å². The van der Waals surface area contributed by atoms with Gasteiger partial charge in [0.25, 0.3) is 0 Å². The van der Waals surface area contributed by atoms with Crippen LogP contribution in [-0.2, 0) is 6.54 Å². The van der Waals surface area contributed by atoms with Crippen LogP contribution in [0.1, 0.15) is 45.1 Å². The fraction of sp³-hybridized carbons (Fsp3) is 0.600. The van der Waals surface area contributed by atoms with Crippen molar-refractivity contribution in [1.82, 2.24) is 5.32 Å². The van der Waals surface area contributed by atoms with Crippen LogP contribution in [-0.4, -0.2) is 12.1 Å². The lowest BCUT2D eigenvalue weighted by Gasteiger charge is -2.17. The lowest BCUT2D eigenvalue weighted by molar-refractivity contribution is 0.670. The van der Waals surface area contributed by atoms with Crippen molar-refractivity contribution in [3.63, 3.8) is 0 Å². The molecule has 2 nitrogen and oxygen atoms in total. The van der Waals surface area contributed by atoms with E-state index in [9.17, 15) is 0 Å². The predicted octanol–water partition coefficient (Wildman–Crippen LogP) is 3.54. The van der Waals surface area contributed by atoms with Gasteiger partial charge in [-0.3, -0.25) is 0 Å². The standard InChI is InChI=1S/C15H24N2/c1-3-13(4-2)17-15-7-5-6-12(10-15)11-16-14-8-9-14/h5-7,10,13-14,16-17H,3-4,8-9,11H2,1-2H3. The van der Waals surface area contributed by atoms with E-state index >= 15 is 0 Å². The Morgan fingerprint density at radius 2 is 2.00 bits per heavy atom. The average Bonchev–Trinajstić information content (AvgIpc) is 3.18. The summed E-state index contributed by atoms with van der Waals surface area (Å²) in [7, 11) is 0. The zero-order chi connectivity index (χ0) is 12.1. The summed E-state index contributed by atoms with van der Waals surface area (Å²) in [6.45, 7) is 5.47. The third-order valence-electron chi connectivity index (χ3n) is 3.46. The van der Waals surface area contributed by atoms with E-state index in [2.05, 4.69) is 48.7 Å². The Kier molecular flexibility index (Phi) is 4.43. The Morgan fingerprint density at radius 1 is 1.24 bits per heavy atom. The van der Waals surface area contributed by atoms with Gasteiger partial charge < -0.3 is 10.6 Å². The average molecular weight is 232 g/mol. The molecule has 0 radical (unpaired) electrons. The molecule has 0 aromatic heterocycles. The van der Waals surface area contributed by atoms with E-state index in [0.717, 1.165) is 12.6 Å². The molecule has 1 aliphatic carbocycles. The van der Waals surface area contributed by atoms with Crippen LogP contribution in [0.2, 0.25) is 0 Å². The van der Waals surface area contributed by atoms with Gasteiger partial charge >= 0.3 is 0 Å². The van der Waals surface area contributed by atoms with Crippen molar-refractivity contribution in [3.05, 3.63) is 29.8 Å². The minimum Gasteiger partial charge on any atom is -0.382 e. The number of hydrogen-bond acceptors (Lipinski definition) is 2. The normalized spacial score (nSPS) is 15.2. The summed E-state index contributed by atoms with van der Waals surface area (Å²) < 4.78 is 0. The summed E-state index contributed by atoms with van der Waals surface area (Å²) in [5.74, 6) is 0. The largest absolute Gasteiger partial charge is 0.382 e. The lowest BCUT2D eigenvalue weighted by atomic mass is 10.1. The van der Waals surface area contributed by atoms with Crippen molar-refractivity contribution < 1.29 is 0 Å². The van der Waals surface area contributed by atoms with Crippen LogP contribution in [0.15, 0.2) is 24.3 Å². The first-order chi connectivity index (χ1) is 8.31. The molecule has 0 atom stereocenters. The van der Waals surface area contributed by atoms with E-state index in [-0.39, 0.29) is 0 Å². The van der Waals surface area contributed by atoms with Gasteiger partial charge in [0.15, 0.2) is 0 Å². The molecule has 1 aromatic carbocycles. The summed E-state index contributed by atoms with van der Waals surface area (Å²) in [5, 5.41) is 7.15. The molecule has 2 heteroatoms. The summed E-state index contributed by atoms with van der Waals surface area (Å²) in [6.07, 6.45) is 5.07. The molecular formula is C15H24N2. The Hall–Kier alpha value is -1.02. The highest BCUT2D eigenvalue weighted by molar-refractivity contribution is 5.46. The number of anilines is 1. The van der Waals surface area contributed by atoms with Gasteiger partial charge in [0.05, 0.1) is 0 Å². The molecule has 94 valence electrons. The number of rotatable bonds is 7. The second-order valence-corrected chi connectivity index (χ2v) is 5.01. The summed E-state index contributed by atoms with van der Waals surface area (Å²) in [6, 6.07) is 10.2. The molecule has 2 rings (SSSR count). The van der Waals surface area contributed by atoms with Crippen LogP contribution >= 0.6 is 0 Å². The van der Waals surface area contributed by atoms with Gasteiger partial charge in [-0.2, -0.15) is 0 Å². The molecule has 17 heavy (non-hydrogen) atoms. The molecule has 0 unspecified atom stereocenters. The SMILES string of the molecule is CCC(CC)Nc1cccc(CNC2CC2)c1. The highest BCUT2D eigenvalue weighted by Gasteiger charge is 2.19. The summed E-state index contributed by atoms with van der Waals surface area (Å²) >= 11 is 0. The van der Waals surface area contributed by atoms with Crippen LogP contribution in [0.5, 0.6) is 0 Å². The Balaban J connectivity index is 1.89. The minimum absolute atomic E-state index is 0.599. The first-order valence-electron chi connectivity index (χ1n) is 6.90. The third-order valence-corrected chi connectivity index (χ3v) is 3.46. The molecule has 0 spiro atoms. The molecule has 1 aromatic rings. The van der Waals surface area contributed by atoms with E-state index in [1.807, 2.05) is 0 Å². The molecule has 0 aliphatic heterocycles. The first-order valence-corrected chi connectivity index (χ1v) is 6.90. The molecule has 1 fully saturated rings. The molecule has 2 N–H and O–H groups in total. The predicted molar refractivity (Wildman–Crippen MR) is 74.3 cm³/mol. The van der Waals surface area contributed by atoms with Crippen LogP contribution < -0.4 is 10.6 Å². The van der Waals surface area contributed by atoms with Gasteiger partial charge in [-0.25, -0.2) is 0 Å². The van der Waals surface area contributed by atoms with E-state index in [0.29, 0.717) is 6.04 Å². The Labute approximate surface area is 105 Å². The zero-order valence-electron chi connectivity index (χ0n) is 11.0. The van der Waals surface area contributed by atoms with Gasteiger partial charge in [-0.05, 0) is 43.4 Å². The van der Waals surface area contributed by atoms with Crippen molar-refractivity contribution in [2.24, 2.45) is 0 Å². The van der Waals surface area contributed by atoms with Crippen molar-refractivity contribution in [1.29, 1.82) is 0 Å². The second kappa shape index (κ2) is 6.06. The zero-order valence-corrected chi connectivity index (χ0v) is 11.0. The third kappa shape index (κ3) is 4.04. The van der Waals surface area contributed by atoms with Gasteiger partial charge in [-0.15, -0.1) is 0 Å². The maximum atomic E-state index is 3.59. The Morgan fingerprint density at radius 3 is 2.65 bits per heavy atom. The molecule has 1 saturated carbocycles. The Bertz CT molecular complexity index is 341. The topological polar surface area (TPSA) is 24.1 Å². The van der Waals surface area contributed by atoms with E-state index < -0.39 is 0 Å². The summed E-state index contributed by atoms with van der Waals surface area (Å²) in [4.78, 5) is 0. The molecule has 0 amide bonds.